The maximum atomic E-state index is 11.7. The number of hydrogen-bond donors (Lipinski definition) is 0. The van der Waals surface area contributed by atoms with Crippen molar-refractivity contribution in [3.05, 3.63) is 59.2 Å². The fourth-order valence-corrected chi connectivity index (χ4v) is 2.91. The smallest absolute Gasteiger partial charge is 0.337 e. The predicted molar refractivity (Wildman–Crippen MR) is 100 cm³/mol. The van der Waals surface area contributed by atoms with Crippen molar-refractivity contribution in [2.24, 2.45) is 0 Å². The van der Waals surface area contributed by atoms with Crippen molar-refractivity contribution in [1.29, 1.82) is 0 Å². The van der Waals surface area contributed by atoms with E-state index in [1.54, 1.807) is 12.1 Å². The van der Waals surface area contributed by atoms with Gasteiger partial charge in [-0.3, -0.25) is 0 Å². The number of rotatable bonds is 2. The van der Waals surface area contributed by atoms with Crippen LogP contribution in [0.3, 0.4) is 0 Å². The lowest BCUT2D eigenvalue weighted by molar-refractivity contribution is 0.0600. The van der Waals surface area contributed by atoms with Crippen LogP contribution in [-0.4, -0.2) is 25.7 Å². The molecule has 0 radical (unpaired) electrons. The number of benzene rings is 2. The van der Waals surface area contributed by atoms with Gasteiger partial charge in [-0.1, -0.05) is 24.3 Å². The molecule has 4 nitrogen and oxygen atoms in total. The van der Waals surface area contributed by atoms with Crippen molar-refractivity contribution < 1.29 is 14.3 Å². The first-order valence-corrected chi connectivity index (χ1v) is 7.76. The Labute approximate surface area is 149 Å². The Bertz CT molecular complexity index is 732. The van der Waals surface area contributed by atoms with Crippen LogP contribution in [0.2, 0.25) is 0 Å². The van der Waals surface area contributed by atoms with Crippen LogP contribution in [0.1, 0.15) is 28.4 Å². The molecule has 3 rings (SSSR count). The quantitative estimate of drug-likeness (QED) is 0.778. The maximum Gasteiger partial charge on any atom is 0.337 e. The Morgan fingerprint density at radius 3 is 2.71 bits per heavy atom. The average molecular weight is 345 g/mol. The van der Waals surface area contributed by atoms with Crippen LogP contribution in [0, 0.1) is 6.92 Å². The van der Waals surface area contributed by atoms with Crippen LogP contribution in [0.15, 0.2) is 42.5 Å². The molecule has 0 aliphatic carbocycles. The summed E-state index contributed by atoms with van der Waals surface area (Å²) in [7, 11) is 1.39. The molecule has 2 aromatic carbocycles. The molecule has 0 N–H and O–H groups in total. The van der Waals surface area contributed by atoms with E-state index in [-0.39, 0.29) is 25.5 Å². The topological polar surface area (TPSA) is 38.8 Å². The first kappa shape index (κ1) is 18.2. The Morgan fingerprint density at radius 1 is 1.25 bits per heavy atom. The number of para-hydroxylation sites is 1. The minimum absolute atomic E-state index is 0. The van der Waals surface area contributed by atoms with E-state index in [2.05, 4.69) is 43.0 Å². The standard InChI is InChI=1S/C19H21NO3.H2S/c1-13-6-4-5-7-17(13)20-11-16-9-8-15(19(21)22-3)10-18(16)23-12-14(20)2;/h4-10,14H,11-12H2,1-3H3;1H2/t14-;/m0./s1. The molecule has 1 heterocycles. The first-order chi connectivity index (χ1) is 11.1. The second-order valence-corrected chi connectivity index (χ2v) is 5.89. The predicted octanol–water partition coefficient (Wildman–Crippen LogP) is 3.68. The Balaban J connectivity index is 0.00000208. The molecule has 2 aromatic rings. The molecule has 128 valence electrons. The van der Waals surface area contributed by atoms with Crippen molar-refractivity contribution in [1.82, 2.24) is 0 Å². The molecule has 0 aromatic heterocycles. The summed E-state index contributed by atoms with van der Waals surface area (Å²) in [5.74, 6) is 0.417. The van der Waals surface area contributed by atoms with Crippen molar-refractivity contribution in [3.8, 4) is 5.75 Å². The summed E-state index contributed by atoms with van der Waals surface area (Å²) in [6.45, 7) is 5.60. The molecule has 0 amide bonds. The van der Waals surface area contributed by atoms with E-state index in [1.807, 2.05) is 6.07 Å². The molecule has 1 aliphatic rings. The third-order valence-electron chi connectivity index (χ3n) is 4.27. The second-order valence-electron chi connectivity index (χ2n) is 5.89. The Hall–Kier alpha value is -2.14. The lowest BCUT2D eigenvalue weighted by Gasteiger charge is -2.30. The minimum Gasteiger partial charge on any atom is -0.491 e. The van der Waals surface area contributed by atoms with Gasteiger partial charge in [-0.15, -0.1) is 0 Å². The fourth-order valence-electron chi connectivity index (χ4n) is 2.91. The number of nitrogens with zero attached hydrogens (tertiary/aromatic N) is 1. The number of esters is 1. The highest BCUT2D eigenvalue weighted by Gasteiger charge is 2.23. The number of hydrogen-bond acceptors (Lipinski definition) is 4. The highest BCUT2D eigenvalue weighted by atomic mass is 32.1. The van der Waals surface area contributed by atoms with Gasteiger partial charge in [-0.05, 0) is 37.6 Å². The van der Waals surface area contributed by atoms with Gasteiger partial charge in [0, 0.05) is 17.8 Å². The number of anilines is 1. The van der Waals surface area contributed by atoms with Crippen LogP contribution in [0.25, 0.3) is 0 Å². The molecule has 24 heavy (non-hydrogen) atoms. The van der Waals surface area contributed by atoms with E-state index in [0.29, 0.717) is 12.2 Å². The van der Waals surface area contributed by atoms with Crippen LogP contribution in [-0.2, 0) is 11.3 Å². The zero-order chi connectivity index (χ0) is 16.4. The summed E-state index contributed by atoms with van der Waals surface area (Å²) in [5, 5.41) is 0. The highest BCUT2D eigenvalue weighted by Crippen LogP contribution is 2.31. The molecule has 0 spiro atoms. The van der Waals surface area contributed by atoms with E-state index >= 15 is 0 Å². The molecule has 0 bridgehead atoms. The molecule has 0 fully saturated rings. The summed E-state index contributed by atoms with van der Waals surface area (Å²) >= 11 is 0. The highest BCUT2D eigenvalue weighted by molar-refractivity contribution is 7.59. The number of methoxy groups -OCH3 is 1. The molecule has 5 heteroatoms. The number of fused-ring (bicyclic) bond motifs is 1. The van der Waals surface area contributed by atoms with Gasteiger partial charge in [0.05, 0.1) is 18.7 Å². The molecule has 0 saturated heterocycles. The van der Waals surface area contributed by atoms with E-state index in [1.165, 1.54) is 18.4 Å². The van der Waals surface area contributed by atoms with Gasteiger partial charge in [0.15, 0.2) is 0 Å². The third-order valence-corrected chi connectivity index (χ3v) is 4.27. The molecule has 0 saturated carbocycles. The largest absolute Gasteiger partial charge is 0.491 e. The van der Waals surface area contributed by atoms with Crippen LogP contribution in [0.4, 0.5) is 5.69 Å². The number of ether oxygens (including phenoxy) is 2. The van der Waals surface area contributed by atoms with Gasteiger partial charge >= 0.3 is 5.97 Å². The Morgan fingerprint density at radius 2 is 2.00 bits per heavy atom. The summed E-state index contributed by atoms with van der Waals surface area (Å²) < 4.78 is 10.7. The average Bonchev–Trinajstić information content (AvgIpc) is 2.73. The molecule has 0 unspecified atom stereocenters. The molecular formula is C19H23NO3S. The summed E-state index contributed by atoms with van der Waals surface area (Å²) in [5.41, 5.74) is 4.05. The SMILES string of the molecule is COC(=O)c1ccc2c(c1)OC[C@H](C)N(c1ccccc1C)C2.S. The Kier molecular flexibility index (Phi) is 5.78. The number of aryl methyl sites for hydroxylation is 1. The van der Waals surface area contributed by atoms with Gasteiger partial charge in [0.1, 0.15) is 12.4 Å². The maximum absolute atomic E-state index is 11.7. The number of carbonyl (C=O) groups excluding carboxylic acids is 1. The van der Waals surface area contributed by atoms with Crippen LogP contribution < -0.4 is 9.64 Å². The van der Waals surface area contributed by atoms with Gasteiger partial charge < -0.3 is 14.4 Å². The van der Waals surface area contributed by atoms with Crippen molar-refractivity contribution in [2.75, 3.05) is 18.6 Å². The van der Waals surface area contributed by atoms with Crippen molar-refractivity contribution >= 4 is 25.2 Å². The fraction of sp³-hybridized carbons (Fsp3) is 0.316. The lowest BCUT2D eigenvalue weighted by atomic mass is 10.1. The third kappa shape index (κ3) is 3.51. The summed E-state index contributed by atoms with van der Waals surface area (Å²) in [4.78, 5) is 14.0. The first-order valence-electron chi connectivity index (χ1n) is 7.76. The normalized spacial score (nSPS) is 16.3. The summed E-state index contributed by atoms with van der Waals surface area (Å²) in [6.07, 6.45) is 0. The molecule has 1 aliphatic heterocycles. The zero-order valence-electron chi connectivity index (χ0n) is 14.2. The zero-order valence-corrected chi connectivity index (χ0v) is 15.2. The van der Waals surface area contributed by atoms with Crippen LogP contribution >= 0.6 is 13.5 Å². The summed E-state index contributed by atoms with van der Waals surface area (Å²) in [6, 6.07) is 14.1. The number of carbonyl (C=O) groups is 1. The van der Waals surface area contributed by atoms with Crippen molar-refractivity contribution in [2.45, 2.75) is 26.4 Å². The monoisotopic (exact) mass is 345 g/mol. The van der Waals surface area contributed by atoms with Crippen molar-refractivity contribution in [3.63, 3.8) is 0 Å². The minimum atomic E-state index is -0.343. The van der Waals surface area contributed by atoms with E-state index in [4.69, 9.17) is 9.47 Å². The molecule has 1 atom stereocenters. The van der Waals surface area contributed by atoms with E-state index < -0.39 is 0 Å². The van der Waals surface area contributed by atoms with E-state index in [9.17, 15) is 4.79 Å². The van der Waals surface area contributed by atoms with Crippen LogP contribution in [0.5, 0.6) is 5.75 Å². The van der Waals surface area contributed by atoms with Gasteiger partial charge in [0.2, 0.25) is 0 Å². The van der Waals surface area contributed by atoms with Gasteiger partial charge in [0.25, 0.3) is 0 Å². The lowest BCUT2D eigenvalue weighted by Crippen LogP contribution is -2.35. The van der Waals surface area contributed by atoms with Gasteiger partial charge in [-0.25, -0.2) is 4.79 Å². The second kappa shape index (κ2) is 7.62. The van der Waals surface area contributed by atoms with E-state index in [0.717, 1.165) is 17.9 Å². The van der Waals surface area contributed by atoms with Gasteiger partial charge in [-0.2, -0.15) is 13.5 Å². The molecular weight excluding hydrogens is 322 g/mol.